The first kappa shape index (κ1) is 28.7. The van der Waals surface area contributed by atoms with E-state index in [0.717, 1.165) is 0 Å². The van der Waals surface area contributed by atoms with Gasteiger partial charge in [0.05, 0.1) is 65.9 Å². The second-order valence-electron chi connectivity index (χ2n) is 8.75. The number of non-ortho nitro benzene ring substituents is 2. The van der Waals surface area contributed by atoms with E-state index < -0.39 is 9.85 Å². The summed E-state index contributed by atoms with van der Waals surface area (Å²) in [7, 11) is 0. The van der Waals surface area contributed by atoms with Crippen LogP contribution in [0, 0.1) is 20.2 Å². The van der Waals surface area contributed by atoms with Gasteiger partial charge in [0.25, 0.3) is 11.4 Å². The smallest absolute Gasteiger partial charge is 0.273 e. The zero-order valence-corrected chi connectivity index (χ0v) is 21.5. The number of benzene rings is 2. The number of nitro benzene ring substituents is 2. The van der Waals surface area contributed by atoms with Crippen molar-refractivity contribution in [3.05, 3.63) is 69.0 Å². The lowest BCUT2D eigenvalue weighted by atomic mass is 10.2. The molecule has 0 unspecified atom stereocenters. The molecule has 1 aliphatic rings. The lowest BCUT2D eigenvalue weighted by Gasteiger charge is -2.27. The van der Waals surface area contributed by atoms with E-state index in [1.807, 2.05) is 6.20 Å². The number of amides is 2. The van der Waals surface area contributed by atoms with Crippen molar-refractivity contribution in [2.45, 2.75) is 26.7 Å². The average Bonchev–Trinajstić information content (AvgIpc) is 3.34. The molecule has 2 amide bonds. The second-order valence-corrected chi connectivity index (χ2v) is 8.75. The third kappa shape index (κ3) is 8.33. The van der Waals surface area contributed by atoms with Gasteiger partial charge in [-0.2, -0.15) is 0 Å². The summed E-state index contributed by atoms with van der Waals surface area (Å²) in [6.07, 6.45) is 6.53. The molecule has 3 rings (SSSR count). The van der Waals surface area contributed by atoms with E-state index in [1.165, 1.54) is 50.2 Å². The lowest BCUT2D eigenvalue weighted by molar-refractivity contribution is -0.780. The molecule has 2 N–H and O–H groups in total. The van der Waals surface area contributed by atoms with Gasteiger partial charge in [0.1, 0.15) is 17.7 Å². The number of nitrogens with one attached hydrogen (secondary N) is 2. The molecule has 1 aliphatic heterocycles. The molecular formula is C25H29N6O8+. The van der Waals surface area contributed by atoms with Crippen LogP contribution in [0.2, 0.25) is 0 Å². The van der Waals surface area contributed by atoms with Gasteiger partial charge in [0.2, 0.25) is 11.8 Å². The molecule has 39 heavy (non-hydrogen) atoms. The highest BCUT2D eigenvalue weighted by atomic mass is 16.6. The molecular weight excluding hydrogens is 512 g/mol. The largest absolute Gasteiger partial charge is 0.491 e. The fourth-order valence-electron chi connectivity index (χ4n) is 3.91. The van der Waals surface area contributed by atoms with Crippen LogP contribution in [0.1, 0.15) is 26.7 Å². The number of anilines is 2. The first-order chi connectivity index (χ1) is 18.6. The first-order valence-corrected chi connectivity index (χ1v) is 12.0. The molecule has 2 aromatic rings. The Labute approximate surface area is 223 Å². The van der Waals surface area contributed by atoms with Crippen LogP contribution in [-0.4, -0.2) is 58.8 Å². The summed E-state index contributed by atoms with van der Waals surface area (Å²) >= 11 is 0. The van der Waals surface area contributed by atoms with Crippen LogP contribution in [0.15, 0.2) is 53.8 Å². The number of rotatable bonds is 14. The highest BCUT2D eigenvalue weighted by molar-refractivity contribution is 5.91. The molecule has 0 aromatic heterocycles. The monoisotopic (exact) mass is 541 g/mol. The van der Waals surface area contributed by atoms with E-state index in [-0.39, 0.29) is 47.9 Å². The summed E-state index contributed by atoms with van der Waals surface area (Å²) in [6.45, 7) is 4.36. The number of ether oxygens (including phenoxy) is 2. The third-order valence-electron chi connectivity index (χ3n) is 5.67. The normalized spacial score (nSPS) is 13.1. The molecule has 0 bridgehead atoms. The van der Waals surface area contributed by atoms with E-state index in [1.54, 1.807) is 12.5 Å². The van der Waals surface area contributed by atoms with Gasteiger partial charge in [-0.15, -0.1) is 0 Å². The number of nitro groups is 2. The fraction of sp³-hybridized carbons (Fsp3) is 0.320. The molecule has 0 aliphatic carbocycles. The van der Waals surface area contributed by atoms with Gasteiger partial charge in [-0.1, -0.05) is 0 Å². The highest BCUT2D eigenvalue weighted by Crippen LogP contribution is 2.31. The van der Waals surface area contributed by atoms with E-state index in [0.29, 0.717) is 41.8 Å². The number of carbonyl (C=O) groups is 2. The summed E-state index contributed by atoms with van der Waals surface area (Å²) in [4.78, 5) is 48.4. The van der Waals surface area contributed by atoms with Crippen molar-refractivity contribution in [2.75, 3.05) is 36.9 Å². The van der Waals surface area contributed by atoms with Crippen LogP contribution in [-0.2, 0) is 9.59 Å². The van der Waals surface area contributed by atoms with Crippen LogP contribution < -0.4 is 20.1 Å². The second kappa shape index (κ2) is 13.1. The number of aliphatic imine (C=N–C) groups is 1. The van der Waals surface area contributed by atoms with Crippen LogP contribution in [0.5, 0.6) is 11.5 Å². The molecule has 0 saturated heterocycles. The molecule has 0 atom stereocenters. The van der Waals surface area contributed by atoms with Crippen molar-refractivity contribution in [3.8, 4) is 11.5 Å². The van der Waals surface area contributed by atoms with Gasteiger partial charge in [0, 0.05) is 38.8 Å². The van der Waals surface area contributed by atoms with E-state index >= 15 is 0 Å². The van der Waals surface area contributed by atoms with E-state index in [4.69, 9.17) is 9.47 Å². The number of hydrogen-bond acceptors (Lipinski definition) is 9. The third-order valence-corrected chi connectivity index (χ3v) is 5.67. The maximum Gasteiger partial charge on any atom is 0.273 e. The van der Waals surface area contributed by atoms with Crippen molar-refractivity contribution in [2.24, 2.45) is 4.99 Å². The van der Waals surface area contributed by atoms with Crippen molar-refractivity contribution in [1.29, 1.82) is 0 Å². The van der Waals surface area contributed by atoms with E-state index in [2.05, 4.69) is 15.6 Å². The van der Waals surface area contributed by atoms with Crippen LogP contribution in [0.3, 0.4) is 0 Å². The minimum Gasteiger partial charge on any atom is -0.491 e. The quantitative estimate of drug-likeness (QED) is 0.156. The summed E-state index contributed by atoms with van der Waals surface area (Å²) < 4.78 is 12.0. The minimum atomic E-state index is -0.537. The molecule has 0 saturated carbocycles. The Bertz CT molecular complexity index is 1210. The maximum atomic E-state index is 11.5. The lowest BCUT2D eigenvalue weighted by Crippen LogP contribution is -2.42. The van der Waals surface area contributed by atoms with Crippen molar-refractivity contribution in [3.63, 3.8) is 0 Å². The Balaban J connectivity index is 1.56. The zero-order valence-electron chi connectivity index (χ0n) is 21.5. The average molecular weight is 542 g/mol. The van der Waals surface area contributed by atoms with Gasteiger partial charge in [-0.25, -0.2) is 4.99 Å². The Hall–Kier alpha value is -4.85. The number of quaternary nitrogens is 1. The van der Waals surface area contributed by atoms with Crippen LogP contribution in [0.4, 0.5) is 22.7 Å². The summed E-state index contributed by atoms with van der Waals surface area (Å²) in [5.41, 5.74) is 0.387. The van der Waals surface area contributed by atoms with Crippen molar-refractivity contribution >= 4 is 40.9 Å². The predicted molar refractivity (Wildman–Crippen MR) is 143 cm³/mol. The minimum absolute atomic E-state index is 0.150. The van der Waals surface area contributed by atoms with Gasteiger partial charge >= 0.3 is 0 Å². The predicted octanol–water partition coefficient (Wildman–Crippen LogP) is 3.99. The maximum absolute atomic E-state index is 11.5. The first-order valence-electron chi connectivity index (χ1n) is 12.0. The van der Waals surface area contributed by atoms with Gasteiger partial charge in [-0.3, -0.25) is 34.3 Å². The topological polar surface area (TPSA) is 175 Å². The Morgan fingerprint density at radius 1 is 0.846 bits per heavy atom. The highest BCUT2D eigenvalue weighted by Gasteiger charge is 2.26. The van der Waals surface area contributed by atoms with Gasteiger partial charge < -0.3 is 20.1 Å². The molecule has 2 aromatic carbocycles. The number of nitrogens with zero attached hydrogens (tertiary/aromatic N) is 4. The van der Waals surface area contributed by atoms with Gasteiger partial charge in [-0.05, 0) is 12.1 Å². The summed E-state index contributed by atoms with van der Waals surface area (Å²) in [5, 5.41) is 27.5. The van der Waals surface area contributed by atoms with E-state index in [9.17, 15) is 29.8 Å². The van der Waals surface area contributed by atoms with Crippen molar-refractivity contribution < 1.29 is 33.4 Å². The molecule has 14 nitrogen and oxygen atoms in total. The summed E-state index contributed by atoms with van der Waals surface area (Å²) in [5.74, 6) is -0.241. The standard InChI is InChI=1S/C25H28N6O8/c1-18(32)27-22-7-5-20(29(34)35)15-24(22)38-13-3-10-31(12-9-26-17-31)11-4-14-39-25-16-21(30(36)37)6-8-23(25)28-19(2)33/h5-9,12,15-17H,3-4,10-11,13-14H2,1-2H3,(H-,27,28,32,33)/p+1. The molecule has 0 fully saturated rings. The summed E-state index contributed by atoms with van der Waals surface area (Å²) in [6, 6.07) is 7.98. The fourth-order valence-corrected chi connectivity index (χ4v) is 3.91. The molecule has 0 spiro atoms. The molecule has 206 valence electrons. The van der Waals surface area contributed by atoms with Crippen LogP contribution in [0.25, 0.3) is 0 Å². The molecule has 1 heterocycles. The van der Waals surface area contributed by atoms with Crippen LogP contribution >= 0.6 is 0 Å². The Morgan fingerprint density at radius 3 is 1.67 bits per heavy atom. The Morgan fingerprint density at radius 2 is 1.31 bits per heavy atom. The number of hydrogen-bond donors (Lipinski definition) is 2. The SMILES string of the molecule is CC(=O)Nc1ccc([N+](=O)[O-])cc1OCCC[N+]1(CCCOc2cc([N+](=O)[O-])ccc2NC(C)=O)C=CN=C1. The molecule has 0 radical (unpaired) electrons. The van der Waals surface area contributed by atoms with Gasteiger partial charge in [0.15, 0.2) is 6.34 Å². The van der Waals surface area contributed by atoms with Crippen molar-refractivity contribution in [1.82, 2.24) is 0 Å². The zero-order chi connectivity index (χ0) is 28.4. The number of carbonyl (C=O) groups excluding carboxylic acids is 2. The molecule has 14 heteroatoms. The Kier molecular flexibility index (Phi) is 9.64.